The van der Waals surface area contributed by atoms with Crippen LogP contribution in [0, 0.1) is 15.9 Å². The Morgan fingerprint density at radius 2 is 2.10 bits per heavy atom. The van der Waals surface area contributed by atoms with E-state index in [1.54, 1.807) is 0 Å². The van der Waals surface area contributed by atoms with Crippen molar-refractivity contribution in [3.05, 3.63) is 34.1 Å². The van der Waals surface area contributed by atoms with Gasteiger partial charge >= 0.3 is 5.69 Å². The molecular weight excluding hydrogens is 273 g/mol. The summed E-state index contributed by atoms with van der Waals surface area (Å²) in [5, 5.41) is 20.5. The first-order valence-corrected chi connectivity index (χ1v) is 6.08. The van der Waals surface area contributed by atoms with E-state index >= 15 is 0 Å². The third-order valence-corrected chi connectivity index (χ3v) is 3.38. The maximum atomic E-state index is 13.2. The van der Waals surface area contributed by atoms with Gasteiger partial charge in [0, 0.05) is 12.1 Å². The summed E-state index contributed by atoms with van der Waals surface area (Å²) in [6.07, 6.45) is -2.37. The van der Waals surface area contributed by atoms with Crippen molar-refractivity contribution in [1.82, 2.24) is 0 Å². The Labute approximate surface area is 113 Å². The van der Waals surface area contributed by atoms with Crippen LogP contribution in [-0.4, -0.2) is 47.7 Å². The van der Waals surface area contributed by atoms with E-state index in [0.29, 0.717) is 0 Å². The molecule has 0 spiro atoms. The molecular formula is C12H12FNO6. The van der Waals surface area contributed by atoms with Crippen LogP contribution in [0.15, 0.2) is 18.2 Å². The highest BCUT2D eigenvalue weighted by Crippen LogP contribution is 2.33. The Bertz CT molecular complexity index is 539. The number of hydrogen-bond acceptors (Lipinski definition) is 6. The van der Waals surface area contributed by atoms with Gasteiger partial charge in [-0.1, -0.05) is 0 Å². The monoisotopic (exact) mass is 285 g/mol. The normalized spacial score (nSPS) is 32.1. The Kier molecular flexibility index (Phi) is 3.28. The average molecular weight is 285 g/mol. The van der Waals surface area contributed by atoms with Crippen molar-refractivity contribution in [2.24, 2.45) is 0 Å². The Morgan fingerprint density at radius 1 is 1.35 bits per heavy atom. The Hall–Kier alpha value is -1.77. The van der Waals surface area contributed by atoms with E-state index in [1.165, 1.54) is 0 Å². The molecule has 7 nitrogen and oxygen atoms in total. The summed E-state index contributed by atoms with van der Waals surface area (Å²) in [4.78, 5) is 10.2. The number of hydrogen-bond donors (Lipinski definition) is 1. The van der Waals surface area contributed by atoms with Crippen molar-refractivity contribution >= 4 is 5.69 Å². The molecule has 2 saturated heterocycles. The molecule has 0 amide bonds. The van der Waals surface area contributed by atoms with E-state index in [9.17, 15) is 19.6 Å². The number of nitrogens with zero attached hydrogens (tertiary/aromatic N) is 1. The summed E-state index contributed by atoms with van der Waals surface area (Å²) in [6.45, 7) is 0.250. The molecule has 4 atom stereocenters. The maximum Gasteiger partial charge on any atom is 0.311 e. The Balaban J connectivity index is 1.81. The van der Waals surface area contributed by atoms with Crippen LogP contribution in [0.5, 0.6) is 5.75 Å². The van der Waals surface area contributed by atoms with E-state index in [1.807, 2.05) is 0 Å². The van der Waals surface area contributed by atoms with Crippen molar-refractivity contribution in [1.29, 1.82) is 0 Å². The van der Waals surface area contributed by atoms with Gasteiger partial charge in [-0.15, -0.1) is 0 Å². The quantitative estimate of drug-likeness (QED) is 0.647. The van der Waals surface area contributed by atoms with Gasteiger partial charge in [0.25, 0.3) is 0 Å². The highest BCUT2D eigenvalue weighted by molar-refractivity contribution is 5.46. The molecule has 1 unspecified atom stereocenters. The zero-order chi connectivity index (χ0) is 14.3. The summed E-state index contributed by atoms with van der Waals surface area (Å²) >= 11 is 0. The number of rotatable bonds is 3. The van der Waals surface area contributed by atoms with Gasteiger partial charge in [-0.05, 0) is 6.07 Å². The van der Waals surface area contributed by atoms with Crippen molar-refractivity contribution in [3.8, 4) is 5.75 Å². The molecule has 1 aromatic carbocycles. The highest BCUT2D eigenvalue weighted by Gasteiger charge is 2.48. The lowest BCUT2D eigenvalue weighted by Crippen LogP contribution is -2.34. The second kappa shape index (κ2) is 4.97. The number of nitro groups is 1. The van der Waals surface area contributed by atoms with Gasteiger partial charge in [-0.3, -0.25) is 10.1 Å². The molecule has 0 aromatic heterocycles. The van der Waals surface area contributed by atoms with Gasteiger partial charge in [-0.2, -0.15) is 0 Å². The third kappa shape index (κ3) is 2.21. The average Bonchev–Trinajstić information content (AvgIpc) is 2.94. The van der Waals surface area contributed by atoms with Gasteiger partial charge in [0.1, 0.15) is 24.1 Å². The van der Waals surface area contributed by atoms with Crippen LogP contribution in [-0.2, 0) is 9.47 Å². The molecule has 2 heterocycles. The van der Waals surface area contributed by atoms with Gasteiger partial charge in [0.15, 0.2) is 11.9 Å². The van der Waals surface area contributed by atoms with Crippen LogP contribution in [0.1, 0.15) is 0 Å². The van der Waals surface area contributed by atoms with Crippen LogP contribution in [0.3, 0.4) is 0 Å². The lowest BCUT2D eigenvalue weighted by molar-refractivity contribution is -0.386. The smallest absolute Gasteiger partial charge is 0.311 e. The summed E-state index contributed by atoms with van der Waals surface area (Å²) < 4.78 is 29.4. The van der Waals surface area contributed by atoms with Crippen molar-refractivity contribution in [2.45, 2.75) is 24.4 Å². The predicted octanol–water partition coefficient (Wildman–Crippen LogP) is 0.640. The number of benzene rings is 1. The molecule has 3 rings (SSSR count). The number of ether oxygens (including phenoxy) is 3. The third-order valence-electron chi connectivity index (χ3n) is 3.38. The SMILES string of the molecule is O=[N+]([O-])c1ccc(F)cc1O[C@@H]1CO[C@@H]2C(O)CO[C@@H]21. The molecule has 2 aliphatic heterocycles. The molecule has 8 heteroatoms. The first kappa shape index (κ1) is 13.2. The van der Waals surface area contributed by atoms with Crippen molar-refractivity contribution in [3.63, 3.8) is 0 Å². The fourth-order valence-corrected chi connectivity index (χ4v) is 2.44. The number of aliphatic hydroxyl groups is 1. The number of halogens is 1. The largest absolute Gasteiger partial charge is 0.478 e. The summed E-state index contributed by atoms with van der Waals surface area (Å²) in [5.74, 6) is -0.803. The molecule has 108 valence electrons. The Morgan fingerprint density at radius 3 is 2.85 bits per heavy atom. The minimum Gasteiger partial charge on any atom is -0.478 e. The van der Waals surface area contributed by atoms with Crippen LogP contribution in [0.2, 0.25) is 0 Å². The summed E-state index contributed by atoms with van der Waals surface area (Å²) in [5.41, 5.74) is -0.326. The van der Waals surface area contributed by atoms with E-state index in [2.05, 4.69) is 0 Å². The van der Waals surface area contributed by atoms with Crippen LogP contribution in [0.25, 0.3) is 0 Å². The van der Waals surface area contributed by atoms with Crippen LogP contribution in [0.4, 0.5) is 10.1 Å². The van der Waals surface area contributed by atoms with E-state index in [0.717, 1.165) is 18.2 Å². The zero-order valence-corrected chi connectivity index (χ0v) is 10.3. The van der Waals surface area contributed by atoms with Crippen LogP contribution >= 0.6 is 0 Å². The molecule has 2 fully saturated rings. The molecule has 0 saturated carbocycles. The van der Waals surface area contributed by atoms with Crippen molar-refractivity contribution in [2.75, 3.05) is 13.2 Å². The van der Waals surface area contributed by atoms with Gasteiger partial charge in [-0.25, -0.2) is 4.39 Å². The molecule has 2 aliphatic rings. The number of aliphatic hydroxyl groups excluding tert-OH is 1. The zero-order valence-electron chi connectivity index (χ0n) is 10.3. The lowest BCUT2D eigenvalue weighted by Gasteiger charge is -2.17. The molecule has 20 heavy (non-hydrogen) atoms. The van der Waals surface area contributed by atoms with Gasteiger partial charge in [0.05, 0.1) is 18.1 Å². The maximum absolute atomic E-state index is 13.2. The van der Waals surface area contributed by atoms with E-state index in [4.69, 9.17) is 14.2 Å². The second-order valence-electron chi connectivity index (χ2n) is 4.69. The second-order valence-corrected chi connectivity index (χ2v) is 4.69. The number of fused-ring (bicyclic) bond motifs is 1. The molecule has 1 N–H and O–H groups in total. The van der Waals surface area contributed by atoms with E-state index in [-0.39, 0.29) is 24.7 Å². The topological polar surface area (TPSA) is 91.1 Å². The summed E-state index contributed by atoms with van der Waals surface area (Å²) in [6, 6.07) is 2.99. The lowest BCUT2D eigenvalue weighted by atomic mass is 10.1. The minimum absolute atomic E-state index is 0.125. The van der Waals surface area contributed by atoms with E-state index < -0.39 is 35.2 Å². The first-order chi connectivity index (χ1) is 9.56. The molecule has 1 aromatic rings. The van der Waals surface area contributed by atoms with Gasteiger partial charge < -0.3 is 19.3 Å². The first-order valence-electron chi connectivity index (χ1n) is 6.08. The van der Waals surface area contributed by atoms with Gasteiger partial charge in [0.2, 0.25) is 0 Å². The summed E-state index contributed by atoms with van der Waals surface area (Å²) in [7, 11) is 0. The fraction of sp³-hybridized carbons (Fsp3) is 0.500. The fourth-order valence-electron chi connectivity index (χ4n) is 2.44. The minimum atomic E-state index is -0.740. The van der Waals surface area contributed by atoms with Crippen LogP contribution < -0.4 is 4.74 Å². The molecule has 0 radical (unpaired) electrons. The molecule has 0 aliphatic carbocycles. The standard InChI is InChI=1S/C12H12FNO6/c13-6-1-2-7(14(16)17)9(3-6)20-10-5-19-11-8(15)4-18-12(10)11/h1-3,8,10-12,15H,4-5H2/t8?,10-,11-,12-/m1/s1. The highest BCUT2D eigenvalue weighted by atomic mass is 19.1. The number of nitro benzene ring substituents is 1. The van der Waals surface area contributed by atoms with Crippen molar-refractivity contribution < 1.29 is 28.6 Å². The predicted molar refractivity (Wildman–Crippen MR) is 63.0 cm³/mol. The molecule has 0 bridgehead atoms.